The predicted molar refractivity (Wildman–Crippen MR) is 81.9 cm³/mol. The molecule has 4 atom stereocenters. The van der Waals surface area contributed by atoms with Crippen LogP contribution in [0.3, 0.4) is 0 Å². The molecule has 1 aliphatic heterocycles. The van der Waals surface area contributed by atoms with E-state index in [1.54, 1.807) is 11.1 Å². The van der Waals surface area contributed by atoms with Crippen LogP contribution < -0.4 is 5.73 Å². The van der Waals surface area contributed by atoms with Gasteiger partial charge in [0.05, 0.1) is 12.2 Å². The van der Waals surface area contributed by atoms with E-state index in [0.29, 0.717) is 17.4 Å². The second-order valence-corrected chi connectivity index (χ2v) is 6.49. The van der Waals surface area contributed by atoms with E-state index < -0.39 is 12.2 Å². The van der Waals surface area contributed by atoms with Crippen LogP contribution in [0.5, 0.6) is 0 Å². The van der Waals surface area contributed by atoms with Gasteiger partial charge in [-0.15, -0.1) is 6.42 Å². The third-order valence-electron chi connectivity index (χ3n) is 4.52. The number of aromatic nitrogens is 2. The molecule has 0 radical (unpaired) electrons. The van der Waals surface area contributed by atoms with Gasteiger partial charge in [0.15, 0.2) is 6.10 Å². The Kier molecular flexibility index (Phi) is 3.76. The number of hydrogen-bond donors (Lipinski definition) is 2. The topological polar surface area (TPSA) is 101 Å². The number of nitrogens with one attached hydrogen (secondary N) is 1. The molecule has 122 valence electrons. The fourth-order valence-corrected chi connectivity index (χ4v) is 3.34. The second-order valence-electron chi connectivity index (χ2n) is 6.49. The maximum Gasteiger partial charge on any atom is 0.405 e. The third kappa shape index (κ3) is 2.77. The van der Waals surface area contributed by atoms with E-state index in [2.05, 4.69) is 15.9 Å². The van der Waals surface area contributed by atoms with Crippen molar-refractivity contribution < 1.29 is 14.3 Å². The second kappa shape index (κ2) is 5.61. The van der Waals surface area contributed by atoms with Crippen LogP contribution in [0.4, 0.5) is 4.79 Å². The average molecular weight is 316 g/mol. The van der Waals surface area contributed by atoms with Crippen LogP contribution in [-0.4, -0.2) is 39.0 Å². The summed E-state index contributed by atoms with van der Waals surface area (Å²) < 4.78 is 5.05. The highest BCUT2D eigenvalue weighted by Crippen LogP contribution is 2.53. The number of rotatable bonds is 4. The van der Waals surface area contributed by atoms with E-state index in [0.717, 1.165) is 12.8 Å². The maximum absolute atomic E-state index is 12.9. The van der Waals surface area contributed by atoms with Crippen LogP contribution in [0.2, 0.25) is 0 Å². The number of terminal acetylenes is 1. The number of H-pyrrole nitrogens is 1. The first-order valence-corrected chi connectivity index (χ1v) is 7.72. The molecule has 2 amide bonds. The summed E-state index contributed by atoms with van der Waals surface area (Å²) in [5, 5.41) is 0. The van der Waals surface area contributed by atoms with Gasteiger partial charge in [-0.25, -0.2) is 9.78 Å². The van der Waals surface area contributed by atoms with Crippen molar-refractivity contribution in [3.63, 3.8) is 0 Å². The van der Waals surface area contributed by atoms with Crippen LogP contribution >= 0.6 is 0 Å². The number of ether oxygens (including phenoxy) is 1. The van der Waals surface area contributed by atoms with Crippen molar-refractivity contribution in [1.82, 2.24) is 14.9 Å². The number of primary amides is 1. The minimum Gasteiger partial charge on any atom is -0.436 e. The number of fused-ring (bicyclic) bond motifs is 1. The van der Waals surface area contributed by atoms with Crippen molar-refractivity contribution in [3.8, 4) is 12.3 Å². The number of imidazole rings is 1. The van der Waals surface area contributed by atoms with Crippen LogP contribution in [0.1, 0.15) is 44.2 Å². The van der Waals surface area contributed by atoms with Gasteiger partial charge in [-0.3, -0.25) is 4.79 Å². The summed E-state index contributed by atoms with van der Waals surface area (Å²) in [6.07, 6.45) is 6.95. The number of aromatic amines is 1. The Balaban J connectivity index is 1.84. The van der Waals surface area contributed by atoms with Crippen LogP contribution in [0, 0.1) is 24.2 Å². The van der Waals surface area contributed by atoms with Gasteiger partial charge in [-0.2, -0.15) is 0 Å². The Morgan fingerprint density at radius 1 is 1.52 bits per heavy atom. The van der Waals surface area contributed by atoms with Crippen LogP contribution in [0.25, 0.3) is 0 Å². The van der Waals surface area contributed by atoms with Gasteiger partial charge in [0.25, 0.3) is 5.91 Å². The smallest absolute Gasteiger partial charge is 0.405 e. The summed E-state index contributed by atoms with van der Waals surface area (Å²) in [4.78, 5) is 33.2. The van der Waals surface area contributed by atoms with Crippen molar-refractivity contribution in [2.45, 2.75) is 44.9 Å². The molecule has 0 bridgehead atoms. The van der Waals surface area contributed by atoms with Crippen molar-refractivity contribution >= 4 is 12.0 Å². The minimum absolute atomic E-state index is 0.161. The van der Waals surface area contributed by atoms with Gasteiger partial charge in [0.2, 0.25) is 0 Å². The molecule has 23 heavy (non-hydrogen) atoms. The van der Waals surface area contributed by atoms with Gasteiger partial charge in [-0.1, -0.05) is 19.8 Å². The van der Waals surface area contributed by atoms with E-state index in [1.807, 2.05) is 13.8 Å². The lowest BCUT2D eigenvalue weighted by atomic mass is 10.0. The lowest BCUT2D eigenvalue weighted by Gasteiger charge is -2.31. The molecule has 1 aliphatic carbocycles. The minimum atomic E-state index is -0.937. The average Bonchev–Trinajstić information content (AvgIpc) is 2.96. The van der Waals surface area contributed by atoms with Gasteiger partial charge < -0.3 is 20.4 Å². The van der Waals surface area contributed by atoms with Crippen LogP contribution in [0.15, 0.2) is 6.20 Å². The quantitative estimate of drug-likeness (QED) is 0.814. The van der Waals surface area contributed by atoms with Gasteiger partial charge in [0.1, 0.15) is 11.5 Å². The zero-order valence-electron chi connectivity index (χ0n) is 13.2. The Bertz CT molecular complexity index is 675. The number of amides is 2. The van der Waals surface area contributed by atoms with E-state index in [9.17, 15) is 9.59 Å². The highest BCUT2D eigenvalue weighted by molar-refractivity contribution is 5.85. The zero-order valence-corrected chi connectivity index (χ0v) is 13.2. The molecule has 2 aliphatic rings. The summed E-state index contributed by atoms with van der Waals surface area (Å²) in [6, 6.07) is 0.0238. The predicted octanol–water partition coefficient (Wildman–Crippen LogP) is 1.17. The van der Waals surface area contributed by atoms with Crippen molar-refractivity contribution in [1.29, 1.82) is 0 Å². The molecule has 7 nitrogen and oxygen atoms in total. The molecule has 0 spiro atoms. The Hall–Kier alpha value is -2.49. The summed E-state index contributed by atoms with van der Waals surface area (Å²) in [6.45, 7) is 3.65. The number of carbonyl (C=O) groups is 2. The lowest BCUT2D eigenvalue weighted by Crippen LogP contribution is -2.46. The number of nitrogens with zero attached hydrogens (tertiary/aromatic N) is 2. The standard InChI is InChI=1S/C16H20N4O3/c1-4-10-7-18-14(19-10)12-6-9-5-11(9)20(12)15(21)13(8(2)3)23-16(17)22/h1,7-9,11-13H,5-6H2,2-3H3,(H2,17,22)(H,18,19)/t9-,11-,12+,13+/m1/s1. The number of piperidine rings is 1. The SMILES string of the molecule is C#Cc1cnc([C@@H]2C[C@H]3C[C@H]3N2C(=O)[C@@H](OC(N)=O)C(C)C)[nH]1. The first kappa shape index (κ1) is 15.4. The van der Waals surface area contributed by atoms with Gasteiger partial charge in [-0.05, 0) is 24.7 Å². The van der Waals surface area contributed by atoms with E-state index in [4.69, 9.17) is 16.9 Å². The van der Waals surface area contributed by atoms with Gasteiger partial charge in [0, 0.05) is 6.04 Å². The largest absolute Gasteiger partial charge is 0.436 e. The summed E-state index contributed by atoms with van der Waals surface area (Å²) in [5.74, 6) is 3.28. The normalized spacial score (nSPS) is 26.5. The highest BCUT2D eigenvalue weighted by atomic mass is 16.6. The molecule has 2 fully saturated rings. The highest BCUT2D eigenvalue weighted by Gasteiger charge is 2.56. The fraction of sp³-hybridized carbons (Fsp3) is 0.562. The van der Waals surface area contributed by atoms with Crippen molar-refractivity contribution in [2.75, 3.05) is 0 Å². The molecule has 0 aromatic carbocycles. The van der Waals surface area contributed by atoms with Crippen molar-refractivity contribution in [2.24, 2.45) is 17.6 Å². The third-order valence-corrected chi connectivity index (χ3v) is 4.52. The molecular weight excluding hydrogens is 296 g/mol. The summed E-state index contributed by atoms with van der Waals surface area (Å²) in [5.41, 5.74) is 5.69. The number of nitrogens with two attached hydrogens (primary N) is 1. The molecule has 7 heteroatoms. The Morgan fingerprint density at radius 3 is 2.83 bits per heavy atom. The van der Waals surface area contributed by atoms with Crippen LogP contribution in [-0.2, 0) is 9.53 Å². The van der Waals surface area contributed by atoms with E-state index in [-0.39, 0.29) is 23.9 Å². The monoisotopic (exact) mass is 316 g/mol. The summed E-state index contributed by atoms with van der Waals surface area (Å²) in [7, 11) is 0. The molecule has 3 N–H and O–H groups in total. The van der Waals surface area contributed by atoms with E-state index in [1.165, 1.54) is 0 Å². The van der Waals surface area contributed by atoms with E-state index >= 15 is 0 Å². The molecule has 0 unspecified atom stereocenters. The summed E-state index contributed by atoms with van der Waals surface area (Å²) >= 11 is 0. The molecule has 1 saturated carbocycles. The maximum atomic E-state index is 12.9. The number of carbonyl (C=O) groups excluding carboxylic acids is 2. The first-order valence-electron chi connectivity index (χ1n) is 7.72. The zero-order chi connectivity index (χ0) is 16.7. The first-order chi connectivity index (χ1) is 10.9. The molecule has 2 heterocycles. The Morgan fingerprint density at radius 2 is 2.26 bits per heavy atom. The number of hydrogen-bond acceptors (Lipinski definition) is 4. The molecule has 1 aromatic heterocycles. The lowest BCUT2D eigenvalue weighted by molar-refractivity contribution is -0.144. The fourth-order valence-electron chi connectivity index (χ4n) is 3.34. The Labute approximate surface area is 134 Å². The molecule has 1 aromatic rings. The van der Waals surface area contributed by atoms with Gasteiger partial charge >= 0.3 is 6.09 Å². The molecule has 3 rings (SSSR count). The van der Waals surface area contributed by atoms with Crippen molar-refractivity contribution in [3.05, 3.63) is 17.7 Å². The number of likely N-dealkylation sites (tertiary alicyclic amines) is 1. The molecular formula is C16H20N4O3. The molecule has 1 saturated heterocycles.